The van der Waals surface area contributed by atoms with Crippen LogP contribution < -0.4 is 0 Å². The Bertz CT molecular complexity index is 866. The molecule has 3 rings (SSSR count). The van der Waals surface area contributed by atoms with E-state index in [9.17, 15) is 23.1 Å². The fraction of sp³-hybridized carbons (Fsp3) is 0.524. The third-order valence-electron chi connectivity index (χ3n) is 5.74. The summed E-state index contributed by atoms with van der Waals surface area (Å²) in [7, 11) is 2.36. The highest BCUT2D eigenvalue weighted by atomic mass is 19.4. The van der Waals surface area contributed by atoms with Crippen LogP contribution in [-0.2, 0) is 28.7 Å². The molecule has 1 fully saturated rings. The maximum Gasteiger partial charge on any atom is 0.425 e. The van der Waals surface area contributed by atoms with E-state index in [2.05, 4.69) is 14.6 Å². The monoisotopic (exact) mass is 440 g/mol. The largest absolute Gasteiger partial charge is 0.469 e. The minimum atomic E-state index is -5.12. The summed E-state index contributed by atoms with van der Waals surface area (Å²) in [5.74, 6) is -3.65. The quantitative estimate of drug-likeness (QED) is 0.662. The van der Waals surface area contributed by atoms with Gasteiger partial charge >= 0.3 is 12.1 Å². The van der Waals surface area contributed by atoms with Gasteiger partial charge < -0.3 is 14.4 Å². The predicted molar refractivity (Wildman–Crippen MR) is 107 cm³/mol. The molecule has 0 spiro atoms. The molecule has 31 heavy (non-hydrogen) atoms. The normalized spacial score (nSPS) is 19.0. The Morgan fingerprint density at radius 1 is 1.16 bits per heavy atom. The van der Waals surface area contributed by atoms with Crippen LogP contribution in [-0.4, -0.2) is 76.4 Å². The number of aliphatic hydroxyl groups is 1. The summed E-state index contributed by atoms with van der Waals surface area (Å²) < 4.78 is 48.1. The third-order valence-corrected chi connectivity index (χ3v) is 5.74. The summed E-state index contributed by atoms with van der Waals surface area (Å²) in [6.45, 7) is 2.65. The summed E-state index contributed by atoms with van der Waals surface area (Å²) in [5, 5.41) is 10.9. The zero-order valence-electron chi connectivity index (χ0n) is 17.5. The number of carbonyl (C=O) groups is 1. The lowest BCUT2D eigenvalue weighted by atomic mass is 9.84. The molecule has 0 radical (unpaired) electrons. The average Bonchev–Trinajstić information content (AvgIpc) is 3.18. The van der Waals surface area contributed by atoms with E-state index in [4.69, 9.17) is 0 Å². The second-order valence-corrected chi connectivity index (χ2v) is 7.76. The first-order valence-electron chi connectivity index (χ1n) is 10.00. The molecule has 2 aromatic rings. The highest BCUT2D eigenvalue weighted by molar-refractivity contribution is 5.74. The number of aromatic nitrogens is 2. The van der Waals surface area contributed by atoms with Crippen molar-refractivity contribution in [3.63, 3.8) is 0 Å². The van der Waals surface area contributed by atoms with E-state index in [1.165, 1.54) is 13.2 Å². The predicted octanol–water partition coefficient (Wildman–Crippen LogP) is 1.78. The molecule has 7 nitrogen and oxygen atoms in total. The van der Waals surface area contributed by atoms with Gasteiger partial charge in [-0.25, -0.2) is 4.98 Å². The van der Waals surface area contributed by atoms with Crippen molar-refractivity contribution in [2.75, 3.05) is 39.8 Å². The lowest BCUT2D eigenvalue weighted by molar-refractivity contribution is -0.291. The van der Waals surface area contributed by atoms with E-state index in [-0.39, 0.29) is 6.54 Å². The maximum atomic E-state index is 14.1. The van der Waals surface area contributed by atoms with Crippen LogP contribution in [0.5, 0.6) is 0 Å². The van der Waals surface area contributed by atoms with Crippen LogP contribution >= 0.6 is 0 Å². The highest BCUT2D eigenvalue weighted by Gasteiger charge is 2.65. The van der Waals surface area contributed by atoms with Gasteiger partial charge in [-0.3, -0.25) is 14.6 Å². The highest BCUT2D eigenvalue weighted by Crippen LogP contribution is 2.44. The van der Waals surface area contributed by atoms with Crippen molar-refractivity contribution >= 4 is 5.97 Å². The molecule has 0 unspecified atom stereocenters. The van der Waals surface area contributed by atoms with E-state index in [1.54, 1.807) is 4.90 Å². The van der Waals surface area contributed by atoms with E-state index in [1.807, 2.05) is 30.3 Å². The number of carbonyl (C=O) groups excluding carboxylic acids is 1. The first-order chi connectivity index (χ1) is 14.7. The van der Waals surface area contributed by atoms with Gasteiger partial charge in [0.15, 0.2) is 5.82 Å². The summed E-state index contributed by atoms with van der Waals surface area (Å²) in [6, 6.07) is 9.91. The lowest BCUT2D eigenvalue weighted by Gasteiger charge is -2.40. The molecular formula is C21H27F3N4O3. The molecule has 0 saturated carbocycles. The number of halogens is 3. The van der Waals surface area contributed by atoms with Crippen LogP contribution in [0.3, 0.4) is 0 Å². The number of alkyl halides is 3. The van der Waals surface area contributed by atoms with Gasteiger partial charge in [0.2, 0.25) is 5.60 Å². The van der Waals surface area contributed by atoms with Crippen molar-refractivity contribution in [3.8, 4) is 0 Å². The van der Waals surface area contributed by atoms with Gasteiger partial charge in [0.05, 0.1) is 7.11 Å². The topological polar surface area (TPSA) is 70.8 Å². The van der Waals surface area contributed by atoms with Gasteiger partial charge in [-0.2, -0.15) is 13.2 Å². The van der Waals surface area contributed by atoms with Gasteiger partial charge in [0.1, 0.15) is 5.92 Å². The number of hydrogen-bond donors (Lipinski definition) is 1. The Kier molecular flexibility index (Phi) is 7.03. The van der Waals surface area contributed by atoms with Gasteiger partial charge in [-0.15, -0.1) is 0 Å². The molecule has 2 heterocycles. The van der Waals surface area contributed by atoms with Gasteiger partial charge in [-0.05, 0) is 5.56 Å². The van der Waals surface area contributed by atoms with Crippen molar-refractivity contribution in [1.29, 1.82) is 0 Å². The first kappa shape index (κ1) is 23.2. The second kappa shape index (κ2) is 9.37. The number of hydrogen-bond acceptors (Lipinski definition) is 6. The van der Waals surface area contributed by atoms with Crippen LogP contribution in [0.1, 0.15) is 11.4 Å². The summed E-state index contributed by atoms with van der Waals surface area (Å²) in [4.78, 5) is 20.1. The number of benzene rings is 1. The Balaban J connectivity index is 1.76. The van der Waals surface area contributed by atoms with Crippen LogP contribution in [0, 0.1) is 5.92 Å². The molecule has 1 aromatic heterocycles. The smallest absolute Gasteiger partial charge is 0.425 e. The first-order valence-corrected chi connectivity index (χ1v) is 10.00. The number of ether oxygens (including phenoxy) is 1. The van der Waals surface area contributed by atoms with E-state index in [0.717, 1.165) is 30.0 Å². The van der Waals surface area contributed by atoms with E-state index in [0.29, 0.717) is 26.2 Å². The van der Waals surface area contributed by atoms with Crippen molar-refractivity contribution in [2.45, 2.75) is 18.3 Å². The molecular weight excluding hydrogens is 413 g/mol. The third kappa shape index (κ3) is 4.91. The summed E-state index contributed by atoms with van der Waals surface area (Å²) in [5.41, 5.74) is -2.32. The number of imidazole rings is 1. The molecule has 2 atom stereocenters. The van der Waals surface area contributed by atoms with Crippen molar-refractivity contribution in [1.82, 2.24) is 19.4 Å². The molecule has 0 aliphatic carbocycles. The molecule has 1 saturated heterocycles. The van der Waals surface area contributed by atoms with Gasteiger partial charge in [-0.1, -0.05) is 30.3 Å². The number of esters is 1. The Morgan fingerprint density at radius 3 is 2.29 bits per heavy atom. The maximum absolute atomic E-state index is 14.1. The average molecular weight is 440 g/mol. The molecule has 0 bridgehead atoms. The minimum Gasteiger partial charge on any atom is -0.469 e. The van der Waals surface area contributed by atoms with Crippen molar-refractivity contribution in [3.05, 3.63) is 54.1 Å². The minimum absolute atomic E-state index is 0.297. The zero-order valence-corrected chi connectivity index (χ0v) is 17.5. The standard InChI is InChI=1S/C21H27F3N4O3/c1-26-9-8-25-19(26)20(30,21(22,23)24)17(18(29)31-2)15-28-12-10-27(11-13-28)14-16-6-4-3-5-7-16/h3-9,17,30H,10-15H2,1-2H3/t17-,20-/m0/s1. The number of rotatable bonds is 7. The number of nitrogens with zero attached hydrogens (tertiary/aromatic N) is 4. The van der Waals surface area contributed by atoms with Crippen LogP contribution in [0.25, 0.3) is 0 Å². The molecule has 1 aliphatic heterocycles. The Morgan fingerprint density at radius 2 is 1.77 bits per heavy atom. The Hall–Kier alpha value is -2.43. The number of methoxy groups -OCH3 is 1. The molecule has 170 valence electrons. The lowest BCUT2D eigenvalue weighted by Crippen LogP contribution is -2.58. The number of piperazine rings is 1. The summed E-state index contributed by atoms with van der Waals surface area (Å²) >= 11 is 0. The fourth-order valence-electron chi connectivity index (χ4n) is 3.96. The van der Waals surface area contributed by atoms with E-state index < -0.39 is 29.5 Å². The van der Waals surface area contributed by atoms with Crippen molar-refractivity contribution < 1.29 is 27.8 Å². The zero-order chi connectivity index (χ0) is 22.6. The van der Waals surface area contributed by atoms with Gasteiger partial charge in [0, 0.05) is 58.7 Å². The summed E-state index contributed by atoms with van der Waals surface area (Å²) in [6.07, 6.45) is -2.68. The molecule has 1 N–H and O–H groups in total. The van der Waals surface area contributed by atoms with Gasteiger partial charge in [0.25, 0.3) is 0 Å². The SMILES string of the molecule is COC(=O)[C@H](CN1CCN(Cc2ccccc2)CC1)[C@](O)(c1nccn1C)C(F)(F)F. The molecule has 10 heteroatoms. The number of aryl methyl sites for hydroxylation is 1. The van der Waals surface area contributed by atoms with Crippen LogP contribution in [0.15, 0.2) is 42.7 Å². The van der Waals surface area contributed by atoms with Crippen LogP contribution in [0.4, 0.5) is 13.2 Å². The van der Waals surface area contributed by atoms with E-state index >= 15 is 0 Å². The molecule has 1 aliphatic rings. The molecule has 1 aromatic carbocycles. The van der Waals surface area contributed by atoms with Crippen LogP contribution in [0.2, 0.25) is 0 Å². The second-order valence-electron chi connectivity index (χ2n) is 7.76. The fourth-order valence-corrected chi connectivity index (χ4v) is 3.96. The molecule has 0 amide bonds. The Labute approximate surface area is 179 Å². The van der Waals surface area contributed by atoms with Crippen molar-refractivity contribution in [2.24, 2.45) is 13.0 Å².